The smallest absolute Gasteiger partial charge is 0.131 e. The van der Waals surface area contributed by atoms with Gasteiger partial charge >= 0.3 is 0 Å². The molecule has 1 aliphatic carbocycles. The third-order valence-corrected chi connectivity index (χ3v) is 6.15. The summed E-state index contributed by atoms with van der Waals surface area (Å²) in [6, 6.07) is 11.5. The lowest BCUT2D eigenvalue weighted by Gasteiger charge is -2.28. The fraction of sp³-hybridized carbons (Fsp3) is 0.478. The van der Waals surface area contributed by atoms with E-state index in [1.807, 2.05) is 24.3 Å². The van der Waals surface area contributed by atoms with Gasteiger partial charge in [0.15, 0.2) is 0 Å². The maximum absolute atomic E-state index is 14.8. The van der Waals surface area contributed by atoms with Crippen molar-refractivity contribution >= 4 is 0 Å². The van der Waals surface area contributed by atoms with Crippen LogP contribution in [0.5, 0.6) is 5.75 Å². The Morgan fingerprint density at radius 3 is 2.62 bits per heavy atom. The summed E-state index contributed by atoms with van der Waals surface area (Å²) in [5.41, 5.74) is 3.57. The van der Waals surface area contributed by atoms with Gasteiger partial charge in [0.1, 0.15) is 18.2 Å². The number of aliphatic hydroxyl groups is 1. The molecule has 0 radical (unpaired) electrons. The van der Waals surface area contributed by atoms with Gasteiger partial charge in [-0.15, -0.1) is 0 Å². The minimum Gasteiger partial charge on any atom is -0.491 e. The van der Waals surface area contributed by atoms with Crippen LogP contribution in [0, 0.1) is 11.7 Å². The van der Waals surface area contributed by atoms with Crippen LogP contribution in [0.2, 0.25) is 0 Å². The first-order chi connectivity index (χ1) is 12.6. The van der Waals surface area contributed by atoms with Gasteiger partial charge in [0.2, 0.25) is 0 Å². The molecule has 0 saturated heterocycles. The third kappa shape index (κ3) is 3.50. The second-order valence-corrected chi connectivity index (χ2v) is 7.86. The minimum atomic E-state index is -0.452. The van der Waals surface area contributed by atoms with Crippen molar-refractivity contribution in [2.75, 3.05) is 6.61 Å². The molecule has 0 spiro atoms. The maximum atomic E-state index is 14.8. The molecule has 0 aromatic heterocycles. The van der Waals surface area contributed by atoms with E-state index in [1.165, 1.54) is 32.1 Å². The van der Waals surface area contributed by atoms with Crippen LogP contribution in [-0.2, 0) is 6.42 Å². The lowest BCUT2D eigenvalue weighted by molar-refractivity contribution is 0.0922. The van der Waals surface area contributed by atoms with Gasteiger partial charge in [-0.1, -0.05) is 37.6 Å². The zero-order valence-corrected chi connectivity index (χ0v) is 15.4. The molecule has 3 heteroatoms. The number of halogens is 1. The number of hydrogen-bond acceptors (Lipinski definition) is 2. The van der Waals surface area contributed by atoms with Gasteiger partial charge in [-0.3, -0.25) is 0 Å². The molecule has 138 valence electrons. The average Bonchev–Trinajstić information content (AvgIpc) is 2.67. The van der Waals surface area contributed by atoms with E-state index in [-0.39, 0.29) is 5.82 Å². The monoisotopic (exact) mass is 354 g/mol. The molecule has 1 saturated carbocycles. The van der Waals surface area contributed by atoms with Crippen molar-refractivity contribution < 1.29 is 14.2 Å². The lowest BCUT2D eigenvalue weighted by Crippen LogP contribution is -2.25. The third-order valence-electron chi connectivity index (χ3n) is 6.15. The van der Waals surface area contributed by atoms with E-state index >= 15 is 0 Å². The molecular weight excluding hydrogens is 327 g/mol. The predicted octanol–water partition coefficient (Wildman–Crippen LogP) is 5.47. The van der Waals surface area contributed by atoms with Crippen molar-refractivity contribution in [3.8, 4) is 16.9 Å². The highest BCUT2D eigenvalue weighted by Gasteiger charge is 2.23. The zero-order valence-electron chi connectivity index (χ0n) is 15.4. The molecular formula is C23H27FO2. The van der Waals surface area contributed by atoms with Crippen molar-refractivity contribution in [1.82, 2.24) is 0 Å². The Morgan fingerprint density at radius 2 is 1.88 bits per heavy atom. The summed E-state index contributed by atoms with van der Waals surface area (Å²) in [6.07, 6.45) is 6.28. The molecule has 1 heterocycles. The highest BCUT2D eigenvalue weighted by atomic mass is 19.1. The molecule has 26 heavy (non-hydrogen) atoms. The molecule has 1 aliphatic heterocycles. The highest BCUT2D eigenvalue weighted by Crippen LogP contribution is 2.38. The fourth-order valence-corrected chi connectivity index (χ4v) is 4.45. The summed E-state index contributed by atoms with van der Waals surface area (Å²) >= 11 is 0. The summed E-state index contributed by atoms with van der Waals surface area (Å²) in [4.78, 5) is 0. The van der Waals surface area contributed by atoms with Crippen LogP contribution in [0.15, 0.2) is 36.4 Å². The Labute approximate surface area is 155 Å². The minimum absolute atomic E-state index is 0.157. The first-order valence-corrected chi connectivity index (χ1v) is 9.87. The Bertz CT molecular complexity index is 778. The molecule has 2 aromatic carbocycles. The molecule has 1 unspecified atom stereocenters. The molecule has 1 N–H and O–H groups in total. The van der Waals surface area contributed by atoms with E-state index in [2.05, 4.69) is 13.0 Å². The van der Waals surface area contributed by atoms with Crippen molar-refractivity contribution in [1.29, 1.82) is 0 Å². The number of rotatable bonds is 3. The summed E-state index contributed by atoms with van der Waals surface area (Å²) in [5.74, 6) is 1.95. The van der Waals surface area contributed by atoms with E-state index in [4.69, 9.17) is 4.74 Å². The number of aliphatic hydroxyl groups excluding tert-OH is 1. The standard InChI is InChI=1S/C23H27FO2/c1-2-15-3-5-16(6-4-15)17-9-10-21(22(24)12-17)18-7-8-19-11-20(25)14-26-23(19)13-18/h7-10,12-13,15-16,20,25H,2-6,11,14H2,1H3. The quantitative estimate of drug-likeness (QED) is 0.792. The molecule has 2 nitrogen and oxygen atoms in total. The summed E-state index contributed by atoms with van der Waals surface area (Å²) in [7, 11) is 0. The van der Waals surface area contributed by atoms with Crippen molar-refractivity contribution in [3.63, 3.8) is 0 Å². The van der Waals surface area contributed by atoms with Gasteiger partial charge in [-0.2, -0.15) is 0 Å². The van der Waals surface area contributed by atoms with Gasteiger partial charge in [0.25, 0.3) is 0 Å². The highest BCUT2D eigenvalue weighted by molar-refractivity contribution is 5.67. The van der Waals surface area contributed by atoms with E-state index in [9.17, 15) is 9.50 Å². The van der Waals surface area contributed by atoms with E-state index in [0.29, 0.717) is 24.5 Å². The largest absolute Gasteiger partial charge is 0.491 e. The van der Waals surface area contributed by atoms with Crippen molar-refractivity contribution in [2.45, 2.75) is 57.5 Å². The number of benzene rings is 2. The lowest BCUT2D eigenvalue weighted by atomic mass is 9.77. The normalized spacial score (nSPS) is 25.4. The topological polar surface area (TPSA) is 29.5 Å². The summed E-state index contributed by atoms with van der Waals surface area (Å²) < 4.78 is 20.5. The first kappa shape index (κ1) is 17.5. The maximum Gasteiger partial charge on any atom is 0.131 e. The predicted molar refractivity (Wildman–Crippen MR) is 102 cm³/mol. The van der Waals surface area contributed by atoms with Crippen LogP contribution in [0.1, 0.15) is 56.1 Å². The Morgan fingerprint density at radius 1 is 1.08 bits per heavy atom. The van der Waals surface area contributed by atoms with Gasteiger partial charge in [0, 0.05) is 12.0 Å². The SMILES string of the molecule is CCC1CCC(c2ccc(-c3ccc4c(c3)OCC(O)C4)c(F)c2)CC1. The Balaban J connectivity index is 1.55. The van der Waals surface area contributed by atoms with Crippen LogP contribution < -0.4 is 4.74 Å². The second-order valence-electron chi connectivity index (χ2n) is 7.86. The Kier molecular flexibility index (Phi) is 4.99. The second kappa shape index (κ2) is 7.40. The summed E-state index contributed by atoms with van der Waals surface area (Å²) in [6.45, 7) is 2.57. The van der Waals surface area contributed by atoms with Crippen LogP contribution in [0.4, 0.5) is 4.39 Å². The molecule has 1 fully saturated rings. The van der Waals surface area contributed by atoms with Gasteiger partial charge in [0.05, 0.1) is 6.10 Å². The average molecular weight is 354 g/mol. The molecule has 4 rings (SSSR count). The Hall–Kier alpha value is -1.87. The molecule has 2 aliphatic rings. The molecule has 0 bridgehead atoms. The van der Waals surface area contributed by atoms with Crippen molar-refractivity contribution in [2.24, 2.45) is 5.92 Å². The van der Waals surface area contributed by atoms with Gasteiger partial charge in [-0.05, 0) is 66.3 Å². The molecule has 0 amide bonds. The zero-order chi connectivity index (χ0) is 18.1. The number of fused-ring (bicyclic) bond motifs is 1. The van der Waals surface area contributed by atoms with Gasteiger partial charge in [-0.25, -0.2) is 4.39 Å². The molecule has 1 atom stereocenters. The van der Waals surface area contributed by atoms with E-state index < -0.39 is 6.10 Å². The van der Waals surface area contributed by atoms with Gasteiger partial charge < -0.3 is 9.84 Å². The van der Waals surface area contributed by atoms with Crippen LogP contribution >= 0.6 is 0 Å². The number of ether oxygens (including phenoxy) is 1. The first-order valence-electron chi connectivity index (χ1n) is 9.87. The van der Waals surface area contributed by atoms with E-state index in [1.54, 1.807) is 6.07 Å². The molecule has 2 aromatic rings. The van der Waals surface area contributed by atoms with Crippen molar-refractivity contribution in [3.05, 3.63) is 53.3 Å². The number of hydrogen-bond donors (Lipinski definition) is 1. The van der Waals surface area contributed by atoms with Crippen LogP contribution in [0.25, 0.3) is 11.1 Å². The van der Waals surface area contributed by atoms with E-state index in [0.717, 1.165) is 28.4 Å². The van der Waals surface area contributed by atoms with Crippen LogP contribution in [0.3, 0.4) is 0 Å². The summed E-state index contributed by atoms with van der Waals surface area (Å²) in [5, 5.41) is 9.69. The van der Waals surface area contributed by atoms with Crippen LogP contribution in [-0.4, -0.2) is 17.8 Å². The fourth-order valence-electron chi connectivity index (χ4n) is 4.45.